The highest BCUT2D eigenvalue weighted by Gasteiger charge is 2.06. The quantitative estimate of drug-likeness (QED) is 0.291. The third-order valence-corrected chi connectivity index (χ3v) is 3.93. The van der Waals surface area contributed by atoms with E-state index < -0.39 is 0 Å². The van der Waals surface area contributed by atoms with Crippen LogP contribution < -0.4 is 10.6 Å². The number of nitrogens with one attached hydrogen (secondary N) is 2. The number of rotatable bonds is 7. The zero-order valence-electron chi connectivity index (χ0n) is 13.6. The molecule has 0 bridgehead atoms. The summed E-state index contributed by atoms with van der Waals surface area (Å²) >= 11 is 1.68. The van der Waals surface area contributed by atoms with E-state index in [2.05, 4.69) is 42.6 Å². The van der Waals surface area contributed by atoms with Crippen molar-refractivity contribution in [3.63, 3.8) is 0 Å². The maximum absolute atomic E-state index is 5.06. The van der Waals surface area contributed by atoms with Gasteiger partial charge in [0.25, 0.3) is 0 Å². The molecule has 0 saturated heterocycles. The van der Waals surface area contributed by atoms with E-state index in [0.717, 1.165) is 17.6 Å². The zero-order valence-corrected chi connectivity index (χ0v) is 16.7. The van der Waals surface area contributed by atoms with E-state index in [0.29, 0.717) is 26.2 Å². The molecule has 0 atom stereocenters. The second kappa shape index (κ2) is 10.6. The Labute approximate surface area is 157 Å². The van der Waals surface area contributed by atoms with E-state index in [4.69, 9.17) is 4.74 Å². The summed E-state index contributed by atoms with van der Waals surface area (Å²) in [5, 5.41) is 18.9. The Bertz CT molecular complexity index is 598. The maximum Gasteiger partial charge on any atom is 0.192 e. The molecule has 0 aliphatic rings. The van der Waals surface area contributed by atoms with Crippen LogP contribution in [-0.2, 0) is 24.9 Å². The van der Waals surface area contributed by atoms with Crippen LogP contribution in [0.2, 0.25) is 0 Å². The van der Waals surface area contributed by atoms with Gasteiger partial charge in [-0.05, 0) is 29.3 Å². The Hall–Kier alpha value is -1.20. The molecular weight excluding hydrogens is 427 g/mol. The first-order chi connectivity index (χ1) is 10.7. The van der Waals surface area contributed by atoms with Gasteiger partial charge >= 0.3 is 0 Å². The molecule has 0 saturated carbocycles. The molecule has 0 amide bonds. The van der Waals surface area contributed by atoms with E-state index in [9.17, 15) is 0 Å². The number of aliphatic imine (C=N–C) groups is 1. The van der Waals surface area contributed by atoms with Gasteiger partial charge < -0.3 is 19.9 Å². The minimum atomic E-state index is 0. The number of methoxy groups -OCH3 is 1. The molecule has 0 aliphatic heterocycles. The average Bonchev–Trinajstić information content (AvgIpc) is 3.14. The van der Waals surface area contributed by atoms with Crippen LogP contribution in [-0.4, -0.2) is 41.0 Å². The molecule has 0 spiro atoms. The molecular formula is C14H23IN6OS. The molecule has 0 unspecified atom stereocenters. The van der Waals surface area contributed by atoms with Crippen molar-refractivity contribution < 1.29 is 4.74 Å². The molecule has 2 rings (SSSR count). The van der Waals surface area contributed by atoms with Crippen molar-refractivity contribution in [3.8, 4) is 0 Å². The number of thiophene rings is 1. The first-order valence-electron chi connectivity index (χ1n) is 7.07. The van der Waals surface area contributed by atoms with Crippen molar-refractivity contribution in [1.82, 2.24) is 25.4 Å². The van der Waals surface area contributed by atoms with Gasteiger partial charge in [0.2, 0.25) is 0 Å². The fourth-order valence-electron chi connectivity index (χ4n) is 1.77. The summed E-state index contributed by atoms with van der Waals surface area (Å²) in [6.45, 7) is 4.47. The lowest BCUT2D eigenvalue weighted by Gasteiger charge is -2.12. The summed E-state index contributed by atoms with van der Waals surface area (Å²) in [5.74, 6) is 2.50. The third-order valence-electron chi connectivity index (χ3n) is 3.20. The summed E-state index contributed by atoms with van der Waals surface area (Å²) in [6.07, 6.45) is 0. The molecule has 0 aromatic carbocycles. The van der Waals surface area contributed by atoms with Gasteiger partial charge in [-0.2, -0.15) is 11.3 Å². The second-order valence-corrected chi connectivity index (χ2v) is 5.57. The Morgan fingerprint density at radius 1 is 1.39 bits per heavy atom. The first kappa shape index (κ1) is 19.8. The number of guanidine groups is 1. The summed E-state index contributed by atoms with van der Waals surface area (Å²) in [4.78, 5) is 4.58. The molecule has 128 valence electrons. The van der Waals surface area contributed by atoms with Crippen molar-refractivity contribution in [2.24, 2.45) is 12.0 Å². The predicted octanol–water partition coefficient (Wildman–Crippen LogP) is 1.68. The van der Waals surface area contributed by atoms with Gasteiger partial charge in [0.15, 0.2) is 11.8 Å². The lowest BCUT2D eigenvalue weighted by Crippen LogP contribution is -2.39. The molecule has 0 fully saturated rings. The Kier molecular flexibility index (Phi) is 9.10. The summed E-state index contributed by atoms with van der Waals surface area (Å²) in [7, 11) is 3.63. The minimum Gasteiger partial charge on any atom is -0.383 e. The molecule has 9 heteroatoms. The highest BCUT2D eigenvalue weighted by atomic mass is 127. The Morgan fingerprint density at radius 3 is 2.83 bits per heavy atom. The van der Waals surface area contributed by atoms with Crippen LogP contribution in [0.15, 0.2) is 21.8 Å². The van der Waals surface area contributed by atoms with E-state index in [1.165, 1.54) is 5.56 Å². The van der Waals surface area contributed by atoms with Gasteiger partial charge in [0.1, 0.15) is 5.82 Å². The van der Waals surface area contributed by atoms with E-state index >= 15 is 0 Å². The first-order valence-corrected chi connectivity index (χ1v) is 8.02. The van der Waals surface area contributed by atoms with Gasteiger partial charge in [-0.15, -0.1) is 34.2 Å². The fourth-order valence-corrected chi connectivity index (χ4v) is 2.43. The standard InChI is InChI=1S/C14H22N6OS.HI/c1-11-18-19-13(20(11)2)9-17-14(15-5-6-21-3)16-8-12-4-7-22-10-12;/h4,7,10H,5-6,8-9H2,1-3H3,(H2,15,16,17);1H. The number of hydrogen-bond acceptors (Lipinski definition) is 5. The second-order valence-electron chi connectivity index (χ2n) is 4.79. The molecule has 2 aromatic heterocycles. The van der Waals surface area contributed by atoms with Crippen LogP contribution in [0.25, 0.3) is 0 Å². The lowest BCUT2D eigenvalue weighted by atomic mass is 10.3. The molecule has 2 aromatic rings. The van der Waals surface area contributed by atoms with Crippen molar-refractivity contribution in [2.75, 3.05) is 20.3 Å². The average molecular weight is 450 g/mol. The summed E-state index contributed by atoms with van der Waals surface area (Å²) in [6, 6.07) is 2.08. The van der Waals surface area contributed by atoms with Gasteiger partial charge in [0.05, 0.1) is 19.7 Å². The fraction of sp³-hybridized carbons (Fsp3) is 0.500. The van der Waals surface area contributed by atoms with Gasteiger partial charge in [-0.3, -0.25) is 0 Å². The lowest BCUT2D eigenvalue weighted by molar-refractivity contribution is 0.203. The van der Waals surface area contributed by atoms with Gasteiger partial charge in [-0.1, -0.05) is 0 Å². The van der Waals surface area contributed by atoms with Crippen LogP contribution in [0, 0.1) is 6.92 Å². The van der Waals surface area contributed by atoms with E-state index in [1.807, 2.05) is 18.5 Å². The molecule has 2 N–H and O–H groups in total. The molecule has 0 aliphatic carbocycles. The molecule has 2 heterocycles. The number of halogens is 1. The topological polar surface area (TPSA) is 76.4 Å². The van der Waals surface area contributed by atoms with Crippen LogP contribution in [0.3, 0.4) is 0 Å². The molecule has 7 nitrogen and oxygen atoms in total. The Balaban J connectivity index is 0.00000264. The van der Waals surface area contributed by atoms with E-state index in [1.54, 1.807) is 18.4 Å². The highest BCUT2D eigenvalue weighted by Crippen LogP contribution is 2.06. The van der Waals surface area contributed by atoms with Crippen molar-refractivity contribution in [3.05, 3.63) is 34.0 Å². The van der Waals surface area contributed by atoms with Crippen molar-refractivity contribution in [2.45, 2.75) is 20.0 Å². The van der Waals surface area contributed by atoms with Crippen LogP contribution >= 0.6 is 35.3 Å². The van der Waals surface area contributed by atoms with Crippen LogP contribution in [0.4, 0.5) is 0 Å². The number of hydrogen-bond donors (Lipinski definition) is 2. The van der Waals surface area contributed by atoms with Crippen molar-refractivity contribution >= 4 is 41.3 Å². The Morgan fingerprint density at radius 2 is 2.22 bits per heavy atom. The number of aryl methyl sites for hydroxylation is 1. The van der Waals surface area contributed by atoms with Gasteiger partial charge in [0, 0.05) is 20.7 Å². The predicted molar refractivity (Wildman–Crippen MR) is 103 cm³/mol. The van der Waals surface area contributed by atoms with Crippen molar-refractivity contribution in [1.29, 1.82) is 0 Å². The monoisotopic (exact) mass is 450 g/mol. The van der Waals surface area contributed by atoms with E-state index in [-0.39, 0.29) is 24.0 Å². The molecule has 23 heavy (non-hydrogen) atoms. The SMILES string of the molecule is COCCNC(=NCc1ccsc1)NCc1nnc(C)n1C.I. The van der Waals surface area contributed by atoms with Crippen LogP contribution in [0.1, 0.15) is 17.2 Å². The zero-order chi connectivity index (χ0) is 15.8. The smallest absolute Gasteiger partial charge is 0.192 e. The van der Waals surface area contributed by atoms with Gasteiger partial charge in [-0.25, -0.2) is 4.99 Å². The maximum atomic E-state index is 5.06. The summed E-state index contributed by atoms with van der Waals surface area (Å²) in [5.41, 5.74) is 1.20. The number of nitrogens with zero attached hydrogens (tertiary/aromatic N) is 4. The number of aromatic nitrogens is 3. The molecule has 0 radical (unpaired) electrons. The number of ether oxygens (including phenoxy) is 1. The minimum absolute atomic E-state index is 0. The summed E-state index contributed by atoms with van der Waals surface area (Å²) < 4.78 is 7.01. The normalized spacial score (nSPS) is 11.2. The highest BCUT2D eigenvalue weighted by molar-refractivity contribution is 14.0. The third kappa shape index (κ3) is 6.43. The largest absolute Gasteiger partial charge is 0.383 e. The van der Waals surface area contributed by atoms with Crippen LogP contribution in [0.5, 0.6) is 0 Å².